The van der Waals surface area contributed by atoms with Gasteiger partial charge < -0.3 is 5.11 Å². The minimum atomic E-state index is -3.67. The van der Waals surface area contributed by atoms with Crippen LogP contribution in [0.25, 0.3) is 0 Å². The third-order valence-corrected chi connectivity index (χ3v) is 4.59. The molecule has 0 unspecified atom stereocenters. The van der Waals surface area contributed by atoms with Crippen molar-refractivity contribution in [2.45, 2.75) is 16.7 Å². The van der Waals surface area contributed by atoms with E-state index in [0.717, 1.165) is 0 Å². The van der Waals surface area contributed by atoms with Crippen molar-refractivity contribution in [1.82, 2.24) is 4.98 Å². The van der Waals surface area contributed by atoms with Gasteiger partial charge in [-0.1, -0.05) is 0 Å². The molecular formula is C13H11NO4S. The smallest absolute Gasteiger partial charge is 0.335 e. The molecule has 0 fully saturated rings. The number of sulfone groups is 1. The minimum absolute atomic E-state index is 0.0434. The van der Waals surface area contributed by atoms with E-state index in [0.29, 0.717) is 5.56 Å². The van der Waals surface area contributed by atoms with Crippen LogP contribution in [0, 0.1) is 6.92 Å². The van der Waals surface area contributed by atoms with Crippen LogP contribution >= 0.6 is 0 Å². The normalized spacial score (nSPS) is 11.2. The molecule has 0 spiro atoms. The number of hydrogen-bond donors (Lipinski definition) is 1. The number of aromatic nitrogens is 1. The summed E-state index contributed by atoms with van der Waals surface area (Å²) in [7, 11) is -3.67. The standard InChI is InChI=1S/C13H11NO4S/c1-9-6-7-14-8-12(9)19(17,18)11-4-2-10(3-5-11)13(15)16/h2-8H,1H3,(H,15,16). The summed E-state index contributed by atoms with van der Waals surface area (Å²) in [4.78, 5) is 14.7. The zero-order valence-electron chi connectivity index (χ0n) is 10.1. The lowest BCUT2D eigenvalue weighted by atomic mass is 10.2. The molecule has 0 amide bonds. The Morgan fingerprint density at radius 3 is 2.32 bits per heavy atom. The highest BCUT2D eigenvalue weighted by Crippen LogP contribution is 2.23. The van der Waals surface area contributed by atoms with E-state index in [9.17, 15) is 13.2 Å². The van der Waals surface area contributed by atoms with Crippen molar-refractivity contribution in [3.63, 3.8) is 0 Å². The van der Waals surface area contributed by atoms with Crippen LogP contribution < -0.4 is 0 Å². The highest BCUT2D eigenvalue weighted by molar-refractivity contribution is 7.91. The molecular weight excluding hydrogens is 266 g/mol. The van der Waals surface area contributed by atoms with Crippen LogP contribution in [0.15, 0.2) is 52.5 Å². The number of carboxylic acids is 1. The molecule has 2 rings (SSSR count). The quantitative estimate of drug-likeness (QED) is 0.926. The lowest BCUT2D eigenvalue weighted by Gasteiger charge is -2.07. The van der Waals surface area contributed by atoms with E-state index in [1.54, 1.807) is 13.0 Å². The monoisotopic (exact) mass is 277 g/mol. The van der Waals surface area contributed by atoms with E-state index < -0.39 is 15.8 Å². The molecule has 2 aromatic rings. The molecule has 0 atom stereocenters. The Bertz CT molecular complexity index is 721. The zero-order chi connectivity index (χ0) is 14.0. The van der Waals surface area contributed by atoms with E-state index in [1.807, 2.05) is 0 Å². The van der Waals surface area contributed by atoms with E-state index >= 15 is 0 Å². The third-order valence-electron chi connectivity index (χ3n) is 2.69. The third kappa shape index (κ3) is 2.48. The molecule has 1 aromatic carbocycles. The Morgan fingerprint density at radius 1 is 1.16 bits per heavy atom. The molecule has 1 aromatic heterocycles. The highest BCUT2D eigenvalue weighted by Gasteiger charge is 2.20. The van der Waals surface area contributed by atoms with E-state index in [2.05, 4.69) is 4.98 Å². The Hall–Kier alpha value is -2.21. The van der Waals surface area contributed by atoms with Crippen LogP contribution in [-0.4, -0.2) is 24.5 Å². The molecule has 1 N–H and O–H groups in total. The predicted molar refractivity (Wildman–Crippen MR) is 67.8 cm³/mol. The van der Waals surface area contributed by atoms with Crippen LogP contribution in [-0.2, 0) is 9.84 Å². The minimum Gasteiger partial charge on any atom is -0.478 e. The largest absolute Gasteiger partial charge is 0.478 e. The Morgan fingerprint density at radius 2 is 1.79 bits per heavy atom. The van der Waals surface area contributed by atoms with Crippen LogP contribution in [0.5, 0.6) is 0 Å². The van der Waals surface area contributed by atoms with Crippen LogP contribution in [0.4, 0.5) is 0 Å². The van der Waals surface area contributed by atoms with Gasteiger partial charge in [0.2, 0.25) is 9.84 Å². The molecule has 0 radical (unpaired) electrons. The molecule has 5 nitrogen and oxygen atoms in total. The number of pyridine rings is 1. The highest BCUT2D eigenvalue weighted by atomic mass is 32.2. The number of aryl methyl sites for hydroxylation is 1. The molecule has 0 aliphatic carbocycles. The number of carbonyl (C=O) groups is 1. The molecule has 1 heterocycles. The maximum absolute atomic E-state index is 12.3. The first-order valence-electron chi connectivity index (χ1n) is 5.42. The molecule has 0 aliphatic heterocycles. The van der Waals surface area contributed by atoms with Gasteiger partial charge in [0.05, 0.1) is 15.4 Å². The first kappa shape index (κ1) is 13.2. The molecule has 0 aliphatic rings. The van der Waals surface area contributed by atoms with E-state index in [4.69, 9.17) is 5.11 Å². The average molecular weight is 277 g/mol. The topological polar surface area (TPSA) is 84.3 Å². The summed E-state index contributed by atoms with van der Waals surface area (Å²) in [5, 5.41) is 8.78. The van der Waals surface area contributed by atoms with Gasteiger partial charge in [-0.05, 0) is 42.8 Å². The average Bonchev–Trinajstić information content (AvgIpc) is 2.39. The first-order valence-corrected chi connectivity index (χ1v) is 6.90. The number of nitrogens with zero attached hydrogens (tertiary/aromatic N) is 1. The van der Waals surface area contributed by atoms with Crippen molar-refractivity contribution in [3.8, 4) is 0 Å². The van der Waals surface area contributed by atoms with Crippen molar-refractivity contribution in [2.75, 3.05) is 0 Å². The van der Waals surface area contributed by atoms with Gasteiger partial charge in [-0.15, -0.1) is 0 Å². The number of rotatable bonds is 3. The summed E-state index contributed by atoms with van der Waals surface area (Å²) in [5.41, 5.74) is 0.638. The summed E-state index contributed by atoms with van der Waals surface area (Å²) in [6.07, 6.45) is 2.80. The van der Waals surface area contributed by atoms with E-state index in [1.165, 1.54) is 36.7 Å². The lowest BCUT2D eigenvalue weighted by Crippen LogP contribution is -2.05. The summed E-state index contributed by atoms with van der Waals surface area (Å²) in [5.74, 6) is -1.10. The Kier molecular flexibility index (Phi) is 3.35. The predicted octanol–water partition coefficient (Wildman–Crippen LogP) is 1.92. The van der Waals surface area contributed by atoms with E-state index in [-0.39, 0.29) is 15.4 Å². The van der Waals surface area contributed by atoms with Crippen molar-refractivity contribution < 1.29 is 18.3 Å². The van der Waals surface area contributed by atoms with Gasteiger partial charge in [0.25, 0.3) is 0 Å². The summed E-state index contributed by atoms with van der Waals surface area (Å²) < 4.78 is 24.7. The van der Waals surface area contributed by atoms with Crippen LogP contribution in [0.1, 0.15) is 15.9 Å². The van der Waals surface area contributed by atoms with Crippen LogP contribution in [0.2, 0.25) is 0 Å². The molecule has 19 heavy (non-hydrogen) atoms. The van der Waals surface area contributed by atoms with Gasteiger partial charge in [-0.2, -0.15) is 0 Å². The first-order chi connectivity index (χ1) is 8.93. The molecule has 0 saturated heterocycles. The van der Waals surface area contributed by atoms with Crippen molar-refractivity contribution >= 4 is 15.8 Å². The molecule has 98 valence electrons. The maximum Gasteiger partial charge on any atom is 0.335 e. The molecule has 0 bridgehead atoms. The number of hydrogen-bond acceptors (Lipinski definition) is 4. The van der Waals surface area contributed by atoms with Gasteiger partial charge in [0.1, 0.15) is 0 Å². The molecule has 6 heteroatoms. The van der Waals surface area contributed by atoms with Crippen molar-refractivity contribution in [2.24, 2.45) is 0 Å². The van der Waals surface area contributed by atoms with Crippen LogP contribution in [0.3, 0.4) is 0 Å². The second-order valence-corrected chi connectivity index (χ2v) is 5.89. The Balaban J connectivity index is 2.52. The van der Waals surface area contributed by atoms with Gasteiger partial charge in [0.15, 0.2) is 0 Å². The summed E-state index contributed by atoms with van der Waals surface area (Å²) in [6, 6.07) is 6.71. The summed E-state index contributed by atoms with van der Waals surface area (Å²) >= 11 is 0. The van der Waals surface area contributed by atoms with Gasteiger partial charge in [-0.3, -0.25) is 4.98 Å². The van der Waals surface area contributed by atoms with Crippen molar-refractivity contribution in [1.29, 1.82) is 0 Å². The fraction of sp³-hybridized carbons (Fsp3) is 0.0769. The maximum atomic E-state index is 12.3. The second-order valence-electron chi connectivity index (χ2n) is 3.97. The number of aromatic carboxylic acids is 1. The fourth-order valence-electron chi connectivity index (χ4n) is 1.63. The van der Waals surface area contributed by atoms with Crippen molar-refractivity contribution in [3.05, 3.63) is 53.9 Å². The molecule has 0 saturated carbocycles. The lowest BCUT2D eigenvalue weighted by molar-refractivity contribution is 0.0697. The summed E-state index contributed by atoms with van der Waals surface area (Å²) in [6.45, 7) is 1.68. The fourth-order valence-corrected chi connectivity index (χ4v) is 3.07. The van der Waals surface area contributed by atoms with Gasteiger partial charge in [-0.25, -0.2) is 13.2 Å². The number of benzene rings is 1. The van der Waals surface area contributed by atoms with Gasteiger partial charge in [0, 0.05) is 12.4 Å². The SMILES string of the molecule is Cc1ccncc1S(=O)(=O)c1ccc(C(=O)O)cc1. The zero-order valence-corrected chi connectivity index (χ0v) is 10.9. The number of carboxylic acid groups (broad SMARTS) is 1. The van der Waals surface area contributed by atoms with Gasteiger partial charge >= 0.3 is 5.97 Å². The second kappa shape index (κ2) is 4.81. The Labute approximate surface area is 110 Å².